The first-order chi connectivity index (χ1) is 12.8. The molecule has 0 atom stereocenters. The monoisotopic (exact) mass is 364 g/mol. The van der Waals surface area contributed by atoms with Crippen molar-refractivity contribution in [3.63, 3.8) is 0 Å². The van der Waals surface area contributed by atoms with E-state index in [0.717, 1.165) is 5.69 Å². The normalized spacial score (nSPS) is 11.1. The highest BCUT2D eigenvalue weighted by molar-refractivity contribution is 6.03. The fourth-order valence-corrected chi connectivity index (χ4v) is 2.46. The lowest BCUT2D eigenvalue weighted by Gasteiger charge is -2.19. The van der Waals surface area contributed by atoms with Gasteiger partial charge in [-0.3, -0.25) is 4.79 Å². The molecule has 2 N–H and O–H groups in total. The number of rotatable bonds is 4. The third-order valence-corrected chi connectivity index (χ3v) is 4.00. The Bertz CT molecular complexity index is 932. The van der Waals surface area contributed by atoms with E-state index in [1.165, 1.54) is 36.2 Å². The number of carbonyl (C=O) groups excluding carboxylic acids is 1. The van der Waals surface area contributed by atoms with Gasteiger partial charge < -0.3 is 10.6 Å². The number of aromatic nitrogens is 2. The van der Waals surface area contributed by atoms with Crippen molar-refractivity contribution in [3.8, 4) is 0 Å². The summed E-state index contributed by atoms with van der Waals surface area (Å²) in [6, 6.07) is 13.7. The third-order valence-electron chi connectivity index (χ3n) is 4.00. The van der Waals surface area contributed by atoms with Crippen LogP contribution in [0.3, 0.4) is 0 Å². The van der Waals surface area contributed by atoms with Crippen molar-refractivity contribution < 1.29 is 9.18 Å². The molecule has 3 rings (SSSR count). The SMILES string of the molecule is CC(C)(C)c1ccc(Nc2ncc(C(=O)Nc3cccc(F)c3)cn2)cc1. The zero-order chi connectivity index (χ0) is 19.4. The van der Waals surface area contributed by atoms with Gasteiger partial charge in [0.05, 0.1) is 5.56 Å². The van der Waals surface area contributed by atoms with E-state index in [1.807, 2.05) is 12.1 Å². The summed E-state index contributed by atoms with van der Waals surface area (Å²) in [5.41, 5.74) is 2.85. The highest BCUT2D eigenvalue weighted by Crippen LogP contribution is 2.24. The van der Waals surface area contributed by atoms with Crippen LogP contribution >= 0.6 is 0 Å². The van der Waals surface area contributed by atoms with Crippen LogP contribution in [0, 0.1) is 5.82 Å². The van der Waals surface area contributed by atoms with Crippen LogP contribution < -0.4 is 10.6 Å². The molecule has 0 aliphatic rings. The van der Waals surface area contributed by atoms with Crippen molar-refractivity contribution in [3.05, 3.63) is 77.9 Å². The molecule has 2 aromatic carbocycles. The first kappa shape index (κ1) is 18.5. The maximum Gasteiger partial charge on any atom is 0.258 e. The first-order valence-electron chi connectivity index (χ1n) is 8.58. The van der Waals surface area contributed by atoms with Gasteiger partial charge in [0.2, 0.25) is 5.95 Å². The molecule has 6 heteroatoms. The Balaban J connectivity index is 1.65. The molecule has 0 aliphatic carbocycles. The Labute approximate surface area is 157 Å². The summed E-state index contributed by atoms with van der Waals surface area (Å²) in [7, 11) is 0. The van der Waals surface area contributed by atoms with E-state index in [-0.39, 0.29) is 11.0 Å². The maximum absolute atomic E-state index is 13.2. The Kier molecular flexibility index (Phi) is 5.16. The van der Waals surface area contributed by atoms with Crippen LogP contribution in [0.15, 0.2) is 60.9 Å². The van der Waals surface area contributed by atoms with Crippen LogP contribution in [0.25, 0.3) is 0 Å². The van der Waals surface area contributed by atoms with Gasteiger partial charge in [0.15, 0.2) is 0 Å². The Hall–Kier alpha value is -3.28. The fourth-order valence-electron chi connectivity index (χ4n) is 2.46. The second-order valence-electron chi connectivity index (χ2n) is 7.21. The van der Waals surface area contributed by atoms with E-state index >= 15 is 0 Å². The summed E-state index contributed by atoms with van der Waals surface area (Å²) >= 11 is 0. The average molecular weight is 364 g/mol. The molecule has 0 radical (unpaired) electrons. The van der Waals surface area contributed by atoms with Crippen LogP contribution in [0.4, 0.5) is 21.7 Å². The molecule has 3 aromatic rings. The van der Waals surface area contributed by atoms with E-state index in [2.05, 4.69) is 53.5 Å². The Morgan fingerprint density at radius 3 is 2.22 bits per heavy atom. The highest BCUT2D eigenvalue weighted by atomic mass is 19.1. The molecule has 0 bridgehead atoms. The quantitative estimate of drug-likeness (QED) is 0.690. The second kappa shape index (κ2) is 7.53. The van der Waals surface area contributed by atoms with Crippen molar-refractivity contribution in [2.45, 2.75) is 26.2 Å². The average Bonchev–Trinajstić information content (AvgIpc) is 2.62. The molecule has 27 heavy (non-hydrogen) atoms. The van der Waals surface area contributed by atoms with Crippen LogP contribution in [0.1, 0.15) is 36.7 Å². The van der Waals surface area contributed by atoms with E-state index in [4.69, 9.17) is 0 Å². The lowest BCUT2D eigenvalue weighted by Crippen LogP contribution is -2.13. The molecule has 1 aromatic heterocycles. The van der Waals surface area contributed by atoms with Crippen molar-refractivity contribution in [1.82, 2.24) is 9.97 Å². The number of carbonyl (C=O) groups is 1. The van der Waals surface area contributed by atoms with Crippen molar-refractivity contribution in [2.75, 3.05) is 10.6 Å². The van der Waals surface area contributed by atoms with E-state index in [1.54, 1.807) is 6.07 Å². The Morgan fingerprint density at radius 1 is 0.963 bits per heavy atom. The van der Waals surface area contributed by atoms with Crippen molar-refractivity contribution in [2.24, 2.45) is 0 Å². The molecule has 138 valence electrons. The number of hydrogen-bond donors (Lipinski definition) is 2. The molecule has 5 nitrogen and oxygen atoms in total. The molecule has 0 fully saturated rings. The summed E-state index contributed by atoms with van der Waals surface area (Å²) in [6.07, 6.45) is 2.85. The smallest absolute Gasteiger partial charge is 0.258 e. The van der Waals surface area contributed by atoms with Crippen LogP contribution in [-0.4, -0.2) is 15.9 Å². The number of nitrogens with one attached hydrogen (secondary N) is 2. The van der Waals surface area contributed by atoms with Gasteiger partial charge in [-0.25, -0.2) is 14.4 Å². The molecule has 0 unspecified atom stereocenters. The highest BCUT2D eigenvalue weighted by Gasteiger charge is 2.13. The van der Waals surface area contributed by atoms with Gasteiger partial charge in [-0.1, -0.05) is 39.0 Å². The summed E-state index contributed by atoms with van der Waals surface area (Å²) in [5, 5.41) is 5.71. The number of anilines is 3. The van der Waals surface area contributed by atoms with Crippen LogP contribution in [-0.2, 0) is 5.41 Å². The summed E-state index contributed by atoms with van der Waals surface area (Å²) in [6.45, 7) is 6.48. The summed E-state index contributed by atoms with van der Waals surface area (Å²) in [5.74, 6) is -0.427. The van der Waals surface area contributed by atoms with Crippen molar-refractivity contribution in [1.29, 1.82) is 0 Å². The number of amides is 1. The molecular formula is C21H21FN4O. The summed E-state index contributed by atoms with van der Waals surface area (Å²) < 4.78 is 13.2. The number of nitrogens with zero attached hydrogens (tertiary/aromatic N) is 2. The second-order valence-corrected chi connectivity index (χ2v) is 7.21. The van der Waals surface area contributed by atoms with Gasteiger partial charge in [-0.05, 0) is 41.3 Å². The first-order valence-corrected chi connectivity index (χ1v) is 8.58. The van der Waals surface area contributed by atoms with Gasteiger partial charge in [0, 0.05) is 23.8 Å². The molecule has 0 spiro atoms. The third kappa shape index (κ3) is 4.88. The fraction of sp³-hybridized carbons (Fsp3) is 0.190. The predicted molar refractivity (Wildman–Crippen MR) is 105 cm³/mol. The number of hydrogen-bond acceptors (Lipinski definition) is 4. The largest absolute Gasteiger partial charge is 0.324 e. The van der Waals surface area contributed by atoms with Gasteiger partial charge in [-0.2, -0.15) is 0 Å². The number of benzene rings is 2. The minimum absolute atomic E-state index is 0.0890. The standard InChI is InChI=1S/C21H21FN4O/c1-21(2,3)15-7-9-17(10-8-15)26-20-23-12-14(13-24-20)19(27)25-18-6-4-5-16(22)11-18/h4-13H,1-3H3,(H,25,27)(H,23,24,26). The van der Waals surface area contributed by atoms with E-state index in [9.17, 15) is 9.18 Å². The van der Waals surface area contributed by atoms with Crippen molar-refractivity contribution >= 4 is 23.2 Å². The topological polar surface area (TPSA) is 66.9 Å². The molecule has 1 heterocycles. The predicted octanol–water partition coefficient (Wildman–Crippen LogP) is 4.91. The zero-order valence-corrected chi connectivity index (χ0v) is 15.5. The van der Waals surface area contributed by atoms with Crippen LogP contribution in [0.2, 0.25) is 0 Å². The molecule has 1 amide bonds. The molecular weight excluding hydrogens is 343 g/mol. The number of halogens is 1. The molecule has 0 saturated heterocycles. The van der Waals surface area contributed by atoms with Gasteiger partial charge >= 0.3 is 0 Å². The van der Waals surface area contributed by atoms with Gasteiger partial charge in [-0.15, -0.1) is 0 Å². The minimum atomic E-state index is -0.416. The summed E-state index contributed by atoms with van der Waals surface area (Å²) in [4.78, 5) is 20.5. The van der Waals surface area contributed by atoms with E-state index < -0.39 is 11.7 Å². The van der Waals surface area contributed by atoms with E-state index in [0.29, 0.717) is 11.6 Å². The van der Waals surface area contributed by atoms with Gasteiger partial charge in [0.1, 0.15) is 5.82 Å². The lowest BCUT2D eigenvalue weighted by molar-refractivity contribution is 0.102. The minimum Gasteiger partial charge on any atom is -0.324 e. The van der Waals surface area contributed by atoms with Gasteiger partial charge in [0.25, 0.3) is 5.91 Å². The Morgan fingerprint density at radius 2 is 1.63 bits per heavy atom. The maximum atomic E-state index is 13.2. The molecule has 0 saturated carbocycles. The lowest BCUT2D eigenvalue weighted by atomic mass is 9.87. The zero-order valence-electron chi connectivity index (χ0n) is 15.5. The molecule has 0 aliphatic heterocycles. The van der Waals surface area contributed by atoms with Crippen LogP contribution in [0.5, 0.6) is 0 Å².